The van der Waals surface area contributed by atoms with Gasteiger partial charge in [-0.05, 0) is 47.5 Å². The highest BCUT2D eigenvalue weighted by Crippen LogP contribution is 2.38. The van der Waals surface area contributed by atoms with Crippen molar-refractivity contribution in [3.05, 3.63) is 95.6 Å². The fourth-order valence-electron chi connectivity index (χ4n) is 3.27. The van der Waals surface area contributed by atoms with Crippen molar-refractivity contribution in [1.29, 1.82) is 0 Å². The molecule has 1 aliphatic heterocycles. The summed E-state index contributed by atoms with van der Waals surface area (Å²) in [5.74, 6) is 0.129. The number of nitrogens with zero attached hydrogens (tertiary/aromatic N) is 2. The Balaban J connectivity index is 1.75. The van der Waals surface area contributed by atoms with Crippen molar-refractivity contribution >= 4 is 11.4 Å². The number of halogens is 2. The van der Waals surface area contributed by atoms with Crippen molar-refractivity contribution in [2.45, 2.75) is 12.5 Å². The molecule has 1 aliphatic rings. The van der Waals surface area contributed by atoms with Crippen LogP contribution in [0.4, 0.5) is 14.5 Å². The molecule has 4 rings (SSSR count). The van der Waals surface area contributed by atoms with Gasteiger partial charge in [-0.1, -0.05) is 36.4 Å². The van der Waals surface area contributed by atoms with Crippen LogP contribution in [0.25, 0.3) is 0 Å². The van der Waals surface area contributed by atoms with Crippen LogP contribution in [0.5, 0.6) is 5.75 Å². The van der Waals surface area contributed by atoms with Gasteiger partial charge < -0.3 is 4.74 Å². The average Bonchev–Trinajstić information content (AvgIpc) is 3.14. The summed E-state index contributed by atoms with van der Waals surface area (Å²) in [6.45, 7) is 0. The molecule has 0 amide bonds. The molecule has 0 spiro atoms. The van der Waals surface area contributed by atoms with Crippen LogP contribution >= 0.6 is 0 Å². The SMILES string of the molecule is COc1ccc([C@H]2CC(c3ccc(F)cc3)=NN2c2ccccc2F)cc1. The zero-order chi connectivity index (χ0) is 18.8. The summed E-state index contributed by atoms with van der Waals surface area (Å²) in [6, 6.07) is 20.3. The van der Waals surface area contributed by atoms with E-state index in [1.165, 1.54) is 18.2 Å². The van der Waals surface area contributed by atoms with Crippen molar-refractivity contribution in [1.82, 2.24) is 0 Å². The molecule has 3 nitrogen and oxygen atoms in total. The van der Waals surface area contributed by atoms with Gasteiger partial charge in [-0.25, -0.2) is 8.78 Å². The van der Waals surface area contributed by atoms with E-state index in [0.29, 0.717) is 12.1 Å². The first-order valence-electron chi connectivity index (χ1n) is 8.67. The Kier molecular flexibility index (Phi) is 4.59. The number of para-hydroxylation sites is 1. The fraction of sp³-hybridized carbons (Fsp3) is 0.136. The summed E-state index contributed by atoms with van der Waals surface area (Å²) in [6.07, 6.45) is 0.590. The number of rotatable bonds is 4. The fourth-order valence-corrected chi connectivity index (χ4v) is 3.27. The zero-order valence-electron chi connectivity index (χ0n) is 14.8. The second kappa shape index (κ2) is 7.19. The topological polar surface area (TPSA) is 24.8 Å². The normalized spacial score (nSPS) is 16.3. The van der Waals surface area contributed by atoms with Crippen LogP contribution in [0, 0.1) is 11.6 Å². The molecule has 1 atom stereocenters. The Morgan fingerprint density at radius 3 is 2.30 bits per heavy atom. The van der Waals surface area contributed by atoms with E-state index in [4.69, 9.17) is 4.74 Å². The zero-order valence-corrected chi connectivity index (χ0v) is 14.8. The average molecular weight is 364 g/mol. The highest BCUT2D eigenvalue weighted by molar-refractivity contribution is 6.03. The monoisotopic (exact) mass is 364 g/mol. The van der Waals surface area contributed by atoms with E-state index in [-0.39, 0.29) is 17.7 Å². The van der Waals surface area contributed by atoms with E-state index in [2.05, 4.69) is 5.10 Å². The first-order chi connectivity index (χ1) is 13.2. The highest BCUT2D eigenvalue weighted by Gasteiger charge is 2.31. The number of ether oxygens (including phenoxy) is 1. The van der Waals surface area contributed by atoms with Gasteiger partial charge in [0.15, 0.2) is 0 Å². The van der Waals surface area contributed by atoms with Gasteiger partial charge in [0.05, 0.1) is 24.6 Å². The smallest absolute Gasteiger partial charge is 0.148 e. The molecular formula is C22H18F2N2O. The summed E-state index contributed by atoms with van der Waals surface area (Å²) < 4.78 is 32.9. The molecule has 3 aromatic rings. The van der Waals surface area contributed by atoms with Gasteiger partial charge in [-0.15, -0.1) is 0 Å². The molecule has 0 N–H and O–H groups in total. The molecule has 1 heterocycles. The van der Waals surface area contributed by atoms with Crippen LogP contribution in [0.3, 0.4) is 0 Å². The van der Waals surface area contributed by atoms with Crippen LogP contribution in [0.1, 0.15) is 23.6 Å². The molecule has 3 aromatic carbocycles. The minimum Gasteiger partial charge on any atom is -0.497 e. The van der Waals surface area contributed by atoms with Crippen molar-refractivity contribution in [3.63, 3.8) is 0 Å². The third-order valence-electron chi connectivity index (χ3n) is 4.69. The quantitative estimate of drug-likeness (QED) is 0.625. The van der Waals surface area contributed by atoms with Crippen LogP contribution in [0.2, 0.25) is 0 Å². The molecule has 136 valence electrons. The van der Waals surface area contributed by atoms with Crippen molar-refractivity contribution in [3.8, 4) is 5.75 Å². The lowest BCUT2D eigenvalue weighted by Gasteiger charge is -2.24. The molecular weight excluding hydrogens is 346 g/mol. The lowest BCUT2D eigenvalue weighted by Crippen LogP contribution is -2.19. The summed E-state index contributed by atoms with van der Waals surface area (Å²) in [4.78, 5) is 0. The Labute approximate surface area is 156 Å². The second-order valence-electron chi connectivity index (χ2n) is 6.34. The third-order valence-corrected chi connectivity index (χ3v) is 4.69. The molecule has 5 heteroatoms. The van der Waals surface area contributed by atoms with E-state index >= 15 is 0 Å². The van der Waals surface area contributed by atoms with E-state index in [0.717, 1.165) is 22.6 Å². The maximum absolute atomic E-state index is 14.5. The van der Waals surface area contributed by atoms with Gasteiger partial charge in [-0.2, -0.15) is 5.10 Å². The maximum Gasteiger partial charge on any atom is 0.148 e. The Morgan fingerprint density at radius 2 is 1.63 bits per heavy atom. The molecule has 0 saturated carbocycles. The van der Waals surface area contributed by atoms with Gasteiger partial charge in [0, 0.05) is 6.42 Å². The lowest BCUT2D eigenvalue weighted by molar-refractivity contribution is 0.414. The van der Waals surface area contributed by atoms with E-state index < -0.39 is 0 Å². The number of benzene rings is 3. The summed E-state index contributed by atoms with van der Waals surface area (Å²) in [5.41, 5.74) is 3.03. The van der Waals surface area contributed by atoms with Crippen LogP contribution in [-0.4, -0.2) is 12.8 Å². The van der Waals surface area contributed by atoms with E-state index in [1.54, 1.807) is 42.5 Å². The van der Waals surface area contributed by atoms with Gasteiger partial charge in [0.1, 0.15) is 17.4 Å². The van der Waals surface area contributed by atoms with E-state index in [1.807, 2.05) is 24.3 Å². The molecule has 0 aromatic heterocycles. The molecule has 27 heavy (non-hydrogen) atoms. The summed E-state index contributed by atoms with van der Waals surface area (Å²) in [5, 5.41) is 6.38. The van der Waals surface area contributed by atoms with Crippen LogP contribution in [-0.2, 0) is 0 Å². The molecule has 0 saturated heterocycles. The van der Waals surface area contributed by atoms with Crippen LogP contribution < -0.4 is 9.75 Å². The second-order valence-corrected chi connectivity index (χ2v) is 6.34. The number of hydrogen-bond acceptors (Lipinski definition) is 3. The van der Waals surface area contributed by atoms with E-state index in [9.17, 15) is 8.78 Å². The van der Waals surface area contributed by atoms with Crippen molar-refractivity contribution in [2.75, 3.05) is 12.1 Å². The number of methoxy groups -OCH3 is 1. The molecule has 0 fully saturated rings. The van der Waals surface area contributed by atoms with Gasteiger partial charge in [0.25, 0.3) is 0 Å². The maximum atomic E-state index is 14.5. The Hall–Kier alpha value is -3.21. The minimum atomic E-state index is -0.333. The highest BCUT2D eigenvalue weighted by atomic mass is 19.1. The lowest BCUT2D eigenvalue weighted by atomic mass is 9.98. The largest absolute Gasteiger partial charge is 0.497 e. The summed E-state index contributed by atoms with van der Waals surface area (Å²) >= 11 is 0. The number of hydrogen-bond donors (Lipinski definition) is 0. The van der Waals surface area contributed by atoms with Crippen LogP contribution in [0.15, 0.2) is 77.9 Å². The molecule has 0 radical (unpaired) electrons. The first kappa shape index (κ1) is 17.2. The predicted molar refractivity (Wildman–Crippen MR) is 102 cm³/mol. The first-order valence-corrected chi connectivity index (χ1v) is 8.67. The Bertz CT molecular complexity index is 968. The molecule has 0 bridgehead atoms. The predicted octanol–water partition coefficient (Wildman–Crippen LogP) is 5.33. The number of hydrazone groups is 1. The standard InChI is InChI=1S/C22H18F2N2O/c1-27-18-12-8-16(9-13-18)22-14-20(15-6-10-17(23)11-7-15)25-26(22)21-5-3-2-4-19(21)24/h2-13,22H,14H2,1H3/t22-/m1/s1. The molecule has 0 unspecified atom stereocenters. The van der Waals surface area contributed by atoms with Gasteiger partial charge in [0.2, 0.25) is 0 Å². The van der Waals surface area contributed by atoms with Gasteiger partial charge >= 0.3 is 0 Å². The Morgan fingerprint density at radius 1 is 0.926 bits per heavy atom. The third kappa shape index (κ3) is 3.40. The van der Waals surface area contributed by atoms with Crippen molar-refractivity contribution in [2.24, 2.45) is 5.10 Å². The van der Waals surface area contributed by atoms with Gasteiger partial charge in [-0.3, -0.25) is 5.01 Å². The minimum absolute atomic E-state index is 0.159. The molecule has 0 aliphatic carbocycles. The summed E-state index contributed by atoms with van der Waals surface area (Å²) in [7, 11) is 1.62. The number of anilines is 1. The van der Waals surface area contributed by atoms with Crippen molar-refractivity contribution < 1.29 is 13.5 Å².